The fourth-order valence-electron chi connectivity index (χ4n) is 3.35. The van der Waals surface area contributed by atoms with Crippen molar-refractivity contribution < 1.29 is 14.3 Å². The number of hydrogen-bond acceptors (Lipinski definition) is 7. The third-order valence-corrected chi connectivity index (χ3v) is 6.95. The van der Waals surface area contributed by atoms with E-state index in [4.69, 9.17) is 4.74 Å². The maximum atomic E-state index is 13.3. The number of amides is 2. The van der Waals surface area contributed by atoms with E-state index in [0.29, 0.717) is 27.7 Å². The number of urea groups is 1. The van der Waals surface area contributed by atoms with Crippen LogP contribution in [0.3, 0.4) is 0 Å². The molecule has 0 aliphatic carbocycles. The lowest BCUT2D eigenvalue weighted by Crippen LogP contribution is -2.21. The molecule has 178 valence electrons. The molecule has 0 aliphatic rings. The number of nitrogens with zero attached hydrogens (tertiary/aromatic N) is 2. The number of pyridine rings is 1. The average molecular weight is 505 g/mol. The predicted octanol–water partition coefficient (Wildman–Crippen LogP) is 6.06. The number of para-hydroxylation sites is 1. The molecule has 2 amide bonds. The van der Waals surface area contributed by atoms with E-state index < -0.39 is 6.03 Å². The topological polar surface area (TPSA) is 93.2 Å². The molecule has 35 heavy (non-hydrogen) atoms. The van der Waals surface area contributed by atoms with Gasteiger partial charge in [0.05, 0.1) is 23.4 Å². The highest BCUT2D eigenvalue weighted by Gasteiger charge is 2.19. The van der Waals surface area contributed by atoms with Crippen molar-refractivity contribution in [3.63, 3.8) is 0 Å². The summed E-state index contributed by atoms with van der Waals surface area (Å²) in [4.78, 5) is 35.6. The van der Waals surface area contributed by atoms with Crippen LogP contribution in [-0.2, 0) is 6.42 Å². The number of benzene rings is 2. The summed E-state index contributed by atoms with van der Waals surface area (Å²) in [6, 6.07) is 17.7. The van der Waals surface area contributed by atoms with Crippen molar-refractivity contribution in [3.8, 4) is 5.75 Å². The predicted molar refractivity (Wildman–Crippen MR) is 141 cm³/mol. The molecule has 2 aromatic carbocycles. The minimum atomic E-state index is -0.466. The van der Waals surface area contributed by atoms with Crippen LogP contribution >= 0.6 is 23.1 Å². The van der Waals surface area contributed by atoms with Gasteiger partial charge in [0.2, 0.25) is 0 Å². The van der Waals surface area contributed by atoms with Gasteiger partial charge in [0.15, 0.2) is 10.9 Å². The quantitative estimate of drug-likeness (QED) is 0.212. The zero-order valence-corrected chi connectivity index (χ0v) is 20.9. The van der Waals surface area contributed by atoms with E-state index in [9.17, 15) is 9.59 Å². The van der Waals surface area contributed by atoms with Crippen LogP contribution < -0.4 is 15.4 Å². The SMILES string of the molecule is COc1ccccc1C(=O)c1cc(C)ccc1NC(=O)Nc1ncc(CCSc2ccccn2)s1. The summed E-state index contributed by atoms with van der Waals surface area (Å²) in [5.41, 5.74) is 2.13. The van der Waals surface area contributed by atoms with Crippen molar-refractivity contribution in [2.45, 2.75) is 18.4 Å². The number of thioether (sulfide) groups is 1. The first-order chi connectivity index (χ1) is 17.0. The molecular formula is C26H24N4O3S2. The number of aryl methyl sites for hydroxylation is 2. The minimum absolute atomic E-state index is 0.233. The third kappa shape index (κ3) is 6.46. The first kappa shape index (κ1) is 24.4. The Morgan fingerprint density at radius 3 is 2.63 bits per heavy atom. The summed E-state index contributed by atoms with van der Waals surface area (Å²) in [7, 11) is 1.52. The van der Waals surface area contributed by atoms with Crippen molar-refractivity contribution >= 4 is 45.7 Å². The Morgan fingerprint density at radius 1 is 1.00 bits per heavy atom. The standard InChI is InChI=1S/C26H24N4O3S2/c1-17-10-11-21(20(15-17)24(31)19-7-3-4-8-22(19)33-2)29-25(32)30-26-28-16-18(35-26)12-14-34-23-9-5-6-13-27-23/h3-11,13,15-16H,12,14H2,1-2H3,(H2,28,29,30,32). The van der Waals surface area contributed by atoms with Crippen LogP contribution in [0.4, 0.5) is 15.6 Å². The molecule has 9 heteroatoms. The van der Waals surface area contributed by atoms with Gasteiger partial charge in [-0.3, -0.25) is 10.1 Å². The summed E-state index contributed by atoms with van der Waals surface area (Å²) in [6.07, 6.45) is 4.36. The van der Waals surface area contributed by atoms with Crippen molar-refractivity contribution in [2.24, 2.45) is 0 Å². The summed E-state index contributed by atoms with van der Waals surface area (Å²) in [5.74, 6) is 1.11. The Labute approximate surface area is 212 Å². The number of nitrogens with one attached hydrogen (secondary N) is 2. The van der Waals surface area contributed by atoms with E-state index in [1.165, 1.54) is 18.4 Å². The van der Waals surface area contributed by atoms with E-state index >= 15 is 0 Å². The maximum Gasteiger partial charge on any atom is 0.325 e. The van der Waals surface area contributed by atoms with E-state index in [2.05, 4.69) is 20.6 Å². The van der Waals surface area contributed by atoms with Gasteiger partial charge in [0.25, 0.3) is 0 Å². The summed E-state index contributed by atoms with van der Waals surface area (Å²) in [6.45, 7) is 1.89. The van der Waals surface area contributed by atoms with Crippen molar-refractivity contribution in [2.75, 3.05) is 23.5 Å². The number of methoxy groups -OCH3 is 1. The Morgan fingerprint density at radius 2 is 1.83 bits per heavy atom. The molecule has 0 saturated heterocycles. The van der Waals surface area contributed by atoms with Crippen LogP contribution in [0.5, 0.6) is 5.75 Å². The fraction of sp³-hybridized carbons (Fsp3) is 0.154. The van der Waals surface area contributed by atoms with E-state index in [-0.39, 0.29) is 5.78 Å². The monoisotopic (exact) mass is 504 g/mol. The molecule has 2 aromatic heterocycles. The lowest BCUT2D eigenvalue weighted by Gasteiger charge is -2.13. The van der Waals surface area contributed by atoms with E-state index in [1.54, 1.807) is 60.6 Å². The number of carbonyl (C=O) groups is 2. The van der Waals surface area contributed by atoms with E-state index in [1.807, 2.05) is 31.2 Å². The van der Waals surface area contributed by atoms with Gasteiger partial charge in [0, 0.05) is 28.6 Å². The van der Waals surface area contributed by atoms with Crippen molar-refractivity contribution in [1.82, 2.24) is 9.97 Å². The van der Waals surface area contributed by atoms with Crippen LogP contribution in [0, 0.1) is 6.92 Å². The fourth-order valence-corrected chi connectivity index (χ4v) is 5.13. The lowest BCUT2D eigenvalue weighted by atomic mass is 9.99. The zero-order chi connectivity index (χ0) is 24.6. The number of ketones is 1. The first-order valence-corrected chi connectivity index (χ1v) is 12.7. The van der Waals surface area contributed by atoms with Crippen LogP contribution in [0.25, 0.3) is 0 Å². The maximum absolute atomic E-state index is 13.3. The Kier molecular flexibility index (Phi) is 8.12. The molecular weight excluding hydrogens is 480 g/mol. The second-order valence-corrected chi connectivity index (χ2v) is 9.79. The third-order valence-electron chi connectivity index (χ3n) is 5.03. The molecule has 4 aromatic rings. The highest BCUT2D eigenvalue weighted by molar-refractivity contribution is 7.99. The van der Waals surface area contributed by atoms with Gasteiger partial charge in [-0.15, -0.1) is 23.1 Å². The molecule has 0 aliphatic heterocycles. The van der Waals surface area contributed by atoms with Gasteiger partial charge in [-0.1, -0.05) is 29.8 Å². The molecule has 4 rings (SSSR count). The highest BCUT2D eigenvalue weighted by atomic mass is 32.2. The van der Waals surface area contributed by atoms with Gasteiger partial charge >= 0.3 is 6.03 Å². The van der Waals surface area contributed by atoms with Crippen molar-refractivity contribution in [3.05, 3.63) is 94.6 Å². The molecule has 0 fully saturated rings. The summed E-state index contributed by atoms with van der Waals surface area (Å²) < 4.78 is 5.34. The van der Waals surface area contributed by atoms with Crippen LogP contribution in [0.15, 0.2) is 78.1 Å². The Hall–Kier alpha value is -3.69. The molecule has 0 spiro atoms. The molecule has 2 heterocycles. The molecule has 7 nitrogen and oxygen atoms in total. The largest absolute Gasteiger partial charge is 0.496 e. The molecule has 0 unspecified atom stereocenters. The molecule has 0 saturated carbocycles. The van der Waals surface area contributed by atoms with Crippen molar-refractivity contribution in [1.29, 1.82) is 0 Å². The average Bonchev–Trinajstić information content (AvgIpc) is 3.32. The summed E-state index contributed by atoms with van der Waals surface area (Å²) >= 11 is 3.09. The molecule has 0 radical (unpaired) electrons. The van der Waals surface area contributed by atoms with Gasteiger partial charge in [0.1, 0.15) is 5.75 Å². The second kappa shape index (κ2) is 11.6. The Balaban J connectivity index is 1.40. The number of ether oxygens (including phenoxy) is 1. The van der Waals surface area contributed by atoms with Gasteiger partial charge in [-0.2, -0.15) is 0 Å². The molecule has 0 bridgehead atoms. The number of anilines is 2. The second-order valence-electron chi connectivity index (χ2n) is 7.56. The number of carbonyl (C=O) groups excluding carboxylic acids is 2. The van der Waals surface area contributed by atoms with Crippen LogP contribution in [0.1, 0.15) is 26.4 Å². The van der Waals surface area contributed by atoms with E-state index in [0.717, 1.165) is 27.6 Å². The zero-order valence-electron chi connectivity index (χ0n) is 19.3. The van der Waals surface area contributed by atoms with Crippen LogP contribution in [-0.4, -0.2) is 34.6 Å². The number of thiazole rings is 1. The van der Waals surface area contributed by atoms with Gasteiger partial charge in [-0.25, -0.2) is 14.8 Å². The first-order valence-electron chi connectivity index (χ1n) is 10.9. The molecule has 0 atom stereocenters. The van der Waals surface area contributed by atoms with Gasteiger partial charge in [-0.05, 0) is 49.7 Å². The van der Waals surface area contributed by atoms with Crippen LogP contribution in [0.2, 0.25) is 0 Å². The lowest BCUT2D eigenvalue weighted by molar-refractivity contribution is 0.103. The number of aromatic nitrogens is 2. The minimum Gasteiger partial charge on any atom is -0.496 e. The highest BCUT2D eigenvalue weighted by Crippen LogP contribution is 2.27. The number of rotatable bonds is 9. The molecule has 2 N–H and O–H groups in total. The number of hydrogen-bond donors (Lipinski definition) is 2. The Bertz CT molecular complexity index is 1330. The van der Waals surface area contributed by atoms with Gasteiger partial charge < -0.3 is 10.1 Å². The summed E-state index contributed by atoms with van der Waals surface area (Å²) in [5, 5.41) is 7.02. The normalized spacial score (nSPS) is 10.6. The smallest absolute Gasteiger partial charge is 0.325 e.